The summed E-state index contributed by atoms with van der Waals surface area (Å²) < 4.78 is 7.96. The summed E-state index contributed by atoms with van der Waals surface area (Å²) in [7, 11) is 3.58. The predicted molar refractivity (Wildman–Crippen MR) is 114 cm³/mol. The first-order valence-corrected chi connectivity index (χ1v) is 10.3. The molecule has 10 heteroatoms. The zero-order valence-electron chi connectivity index (χ0n) is 15.4. The number of aryl methyl sites for hydroxylation is 1. The highest BCUT2D eigenvalue weighted by Gasteiger charge is 2.19. The number of ether oxygens (including phenoxy) is 1. The number of pyridine rings is 1. The summed E-state index contributed by atoms with van der Waals surface area (Å²) in [4.78, 5) is 13.9. The minimum atomic E-state index is 0.231. The van der Waals surface area contributed by atoms with Crippen molar-refractivity contribution in [2.24, 2.45) is 7.05 Å². The lowest BCUT2D eigenvalue weighted by Gasteiger charge is -2.07. The van der Waals surface area contributed by atoms with Gasteiger partial charge in [0.15, 0.2) is 0 Å². The summed E-state index contributed by atoms with van der Waals surface area (Å²) in [6.45, 7) is 0.662. The van der Waals surface area contributed by atoms with Crippen LogP contribution in [0.25, 0.3) is 32.6 Å². The lowest BCUT2D eigenvalue weighted by molar-refractivity contribution is 0.218. The fraction of sp³-hybridized carbons (Fsp3) is 0.222. The molecule has 0 bridgehead atoms. The molecule has 0 unspecified atom stereocenters. The van der Waals surface area contributed by atoms with Gasteiger partial charge in [-0.2, -0.15) is 5.10 Å². The Morgan fingerprint density at radius 1 is 1.18 bits per heavy atom. The van der Waals surface area contributed by atoms with Gasteiger partial charge < -0.3 is 16.2 Å². The number of nitrogen functional groups attached to an aromatic ring is 2. The van der Waals surface area contributed by atoms with Gasteiger partial charge >= 0.3 is 0 Å². The van der Waals surface area contributed by atoms with Crippen molar-refractivity contribution in [1.29, 1.82) is 0 Å². The van der Waals surface area contributed by atoms with E-state index in [1.54, 1.807) is 47.3 Å². The molecule has 0 saturated heterocycles. The quantitative estimate of drug-likeness (QED) is 0.366. The van der Waals surface area contributed by atoms with Gasteiger partial charge in [-0.05, 0) is 11.6 Å². The highest BCUT2D eigenvalue weighted by Crippen LogP contribution is 2.44. The Balaban J connectivity index is 1.89. The molecule has 8 nitrogen and oxygen atoms in total. The molecule has 0 fully saturated rings. The molecular weight excluding hydrogens is 394 g/mol. The van der Waals surface area contributed by atoms with E-state index >= 15 is 0 Å². The number of hydrogen-bond acceptors (Lipinski definition) is 9. The normalized spacial score (nSPS) is 11.4. The van der Waals surface area contributed by atoms with Gasteiger partial charge in [0, 0.05) is 55.0 Å². The molecule has 0 spiro atoms. The van der Waals surface area contributed by atoms with Crippen LogP contribution < -0.4 is 11.5 Å². The van der Waals surface area contributed by atoms with Gasteiger partial charge in [-0.3, -0.25) is 4.68 Å². The first-order valence-electron chi connectivity index (χ1n) is 8.48. The predicted octanol–water partition coefficient (Wildman–Crippen LogP) is 3.06. The summed E-state index contributed by atoms with van der Waals surface area (Å²) in [5.41, 5.74) is 16.4. The van der Waals surface area contributed by atoms with Gasteiger partial charge in [0.25, 0.3) is 0 Å². The smallest absolute Gasteiger partial charge is 0.219 e. The zero-order chi connectivity index (χ0) is 19.7. The van der Waals surface area contributed by atoms with E-state index in [2.05, 4.69) is 15.1 Å². The first-order chi connectivity index (χ1) is 13.6. The molecule has 0 amide bonds. The second-order valence-electron chi connectivity index (χ2n) is 6.11. The Bertz CT molecular complexity index is 1120. The number of fused-ring (bicyclic) bond motifs is 1. The summed E-state index contributed by atoms with van der Waals surface area (Å²) in [5.74, 6) is 1.06. The average molecular weight is 414 g/mol. The minimum absolute atomic E-state index is 0.231. The van der Waals surface area contributed by atoms with Gasteiger partial charge in [-0.1, -0.05) is 0 Å². The molecule has 144 valence electrons. The van der Waals surface area contributed by atoms with Crippen LogP contribution >= 0.6 is 23.1 Å². The maximum absolute atomic E-state index is 6.52. The third kappa shape index (κ3) is 3.53. The van der Waals surface area contributed by atoms with E-state index in [-0.39, 0.29) is 5.95 Å². The van der Waals surface area contributed by atoms with Crippen LogP contribution in [0.15, 0.2) is 35.1 Å². The molecule has 0 aliphatic carbocycles. The van der Waals surface area contributed by atoms with E-state index in [0.717, 1.165) is 48.3 Å². The maximum atomic E-state index is 6.52. The zero-order valence-corrected chi connectivity index (χ0v) is 17.0. The molecule has 28 heavy (non-hydrogen) atoms. The summed E-state index contributed by atoms with van der Waals surface area (Å²) in [6.07, 6.45) is 7.14. The van der Waals surface area contributed by atoms with Crippen molar-refractivity contribution < 1.29 is 4.74 Å². The number of nitrogens with two attached hydrogens (primary N) is 2. The van der Waals surface area contributed by atoms with Crippen LogP contribution in [0.2, 0.25) is 0 Å². The molecule has 4 N–H and O–H groups in total. The van der Waals surface area contributed by atoms with Crippen molar-refractivity contribution in [2.45, 2.75) is 4.21 Å². The lowest BCUT2D eigenvalue weighted by Crippen LogP contribution is -1.95. The van der Waals surface area contributed by atoms with Crippen molar-refractivity contribution in [3.05, 3.63) is 30.9 Å². The Morgan fingerprint density at radius 3 is 2.64 bits per heavy atom. The van der Waals surface area contributed by atoms with Crippen LogP contribution in [0.3, 0.4) is 0 Å². The first kappa shape index (κ1) is 18.7. The molecule has 0 aliphatic rings. The van der Waals surface area contributed by atoms with Gasteiger partial charge in [0.2, 0.25) is 5.95 Å². The summed E-state index contributed by atoms with van der Waals surface area (Å²) in [5, 5.41) is 5.25. The molecule has 4 heterocycles. The standard InChI is InChI=1S/C18H19N7OS2/c1-25-9-11(8-23-25)12-5-13(10-6-21-18(20)22-7-10)24-16-14(12)15(19)17(28-16)27-4-3-26-2/h5-9H,3-4,19H2,1-2H3,(H2,20,21,22). The van der Waals surface area contributed by atoms with Crippen molar-refractivity contribution >= 4 is 45.0 Å². The van der Waals surface area contributed by atoms with Crippen LogP contribution in [0, 0.1) is 0 Å². The molecule has 0 saturated carbocycles. The van der Waals surface area contributed by atoms with E-state index in [1.165, 1.54) is 0 Å². The van der Waals surface area contributed by atoms with E-state index < -0.39 is 0 Å². The number of hydrogen-bond donors (Lipinski definition) is 2. The second-order valence-corrected chi connectivity index (χ2v) is 8.47. The van der Waals surface area contributed by atoms with E-state index in [9.17, 15) is 0 Å². The third-order valence-electron chi connectivity index (χ3n) is 4.17. The Morgan fingerprint density at radius 2 is 1.96 bits per heavy atom. The SMILES string of the molecule is COCCSc1sc2nc(-c3cnc(N)nc3)cc(-c3cnn(C)c3)c2c1N. The number of rotatable bonds is 6. The van der Waals surface area contributed by atoms with Gasteiger partial charge in [0.05, 0.1) is 28.4 Å². The average Bonchev–Trinajstić information content (AvgIpc) is 3.26. The molecule has 0 radical (unpaired) electrons. The number of anilines is 2. The second kappa shape index (κ2) is 7.74. The molecule has 0 aliphatic heterocycles. The summed E-state index contributed by atoms with van der Waals surface area (Å²) in [6, 6.07) is 2.00. The van der Waals surface area contributed by atoms with Crippen LogP contribution in [-0.4, -0.2) is 44.2 Å². The number of thiophene rings is 1. The Kier molecular flexibility index (Phi) is 5.16. The number of nitrogens with zero attached hydrogens (tertiary/aromatic N) is 5. The van der Waals surface area contributed by atoms with E-state index in [1.807, 2.05) is 25.5 Å². The Labute approximate surface area is 170 Å². The van der Waals surface area contributed by atoms with Crippen LogP contribution in [0.5, 0.6) is 0 Å². The van der Waals surface area contributed by atoms with Crippen molar-refractivity contribution in [2.75, 3.05) is 30.9 Å². The third-order valence-corrected chi connectivity index (χ3v) is 6.52. The highest BCUT2D eigenvalue weighted by atomic mass is 32.2. The minimum Gasteiger partial charge on any atom is -0.397 e. The molecule has 0 aromatic carbocycles. The molecule has 4 aromatic heterocycles. The van der Waals surface area contributed by atoms with Crippen molar-refractivity contribution in [3.63, 3.8) is 0 Å². The maximum Gasteiger partial charge on any atom is 0.219 e. The Hall–Kier alpha value is -2.69. The van der Waals surface area contributed by atoms with Crippen LogP contribution in [-0.2, 0) is 11.8 Å². The van der Waals surface area contributed by atoms with Crippen LogP contribution in [0.4, 0.5) is 11.6 Å². The van der Waals surface area contributed by atoms with E-state index in [4.69, 9.17) is 21.2 Å². The summed E-state index contributed by atoms with van der Waals surface area (Å²) >= 11 is 3.26. The van der Waals surface area contributed by atoms with Crippen LogP contribution in [0.1, 0.15) is 0 Å². The largest absolute Gasteiger partial charge is 0.397 e. The fourth-order valence-corrected chi connectivity index (χ4v) is 5.10. The lowest BCUT2D eigenvalue weighted by atomic mass is 10.0. The molecule has 4 aromatic rings. The fourth-order valence-electron chi connectivity index (χ4n) is 2.83. The topological polar surface area (TPSA) is 118 Å². The molecular formula is C18H19N7OS2. The molecule has 4 rings (SSSR count). The van der Waals surface area contributed by atoms with Gasteiger partial charge in [-0.15, -0.1) is 23.1 Å². The van der Waals surface area contributed by atoms with Crippen molar-refractivity contribution in [1.82, 2.24) is 24.7 Å². The van der Waals surface area contributed by atoms with Gasteiger partial charge in [0.1, 0.15) is 4.83 Å². The molecule has 0 atom stereocenters. The van der Waals surface area contributed by atoms with Gasteiger partial charge in [-0.25, -0.2) is 15.0 Å². The van der Waals surface area contributed by atoms with Crippen molar-refractivity contribution in [3.8, 4) is 22.4 Å². The monoisotopic (exact) mass is 413 g/mol. The number of thioether (sulfide) groups is 1. The number of aromatic nitrogens is 5. The van der Waals surface area contributed by atoms with E-state index in [0.29, 0.717) is 6.61 Å². The highest BCUT2D eigenvalue weighted by molar-refractivity contribution is 8.01. The number of methoxy groups -OCH3 is 1.